The molecule has 2 heterocycles. The highest BCUT2D eigenvalue weighted by Crippen LogP contribution is 2.40. The van der Waals surface area contributed by atoms with Gasteiger partial charge in [0.05, 0.1) is 12.0 Å². The first-order valence-corrected chi connectivity index (χ1v) is 6.13. The van der Waals surface area contributed by atoms with Crippen molar-refractivity contribution in [1.82, 2.24) is 4.90 Å². The third kappa shape index (κ3) is 1.84. The van der Waals surface area contributed by atoms with Crippen LogP contribution in [0.25, 0.3) is 0 Å². The molecule has 0 aliphatic carbocycles. The van der Waals surface area contributed by atoms with Crippen LogP contribution in [0.5, 0.6) is 0 Å². The molecule has 2 aliphatic heterocycles. The molecule has 1 unspecified atom stereocenters. The number of carboxylic acids is 1. The summed E-state index contributed by atoms with van der Waals surface area (Å²) < 4.78 is 15.6. The first-order valence-electron chi connectivity index (χ1n) is 5.19. The second-order valence-electron chi connectivity index (χ2n) is 4.33. The van der Waals surface area contributed by atoms with Crippen molar-refractivity contribution < 1.29 is 19.0 Å². The summed E-state index contributed by atoms with van der Waals surface area (Å²) in [5.41, 5.74) is 0. The highest BCUT2D eigenvalue weighted by atomic mass is 31.1. The first kappa shape index (κ1) is 11.1. The van der Waals surface area contributed by atoms with E-state index < -0.39 is 20.6 Å². The molecule has 0 saturated carbocycles. The average Bonchev–Trinajstić information content (AvgIpc) is 2.45. The molecule has 5 atom stereocenters. The van der Waals surface area contributed by atoms with Gasteiger partial charge in [0.1, 0.15) is 0 Å². The molecule has 2 rings (SSSR count). The predicted molar refractivity (Wildman–Crippen MR) is 55.6 cm³/mol. The van der Waals surface area contributed by atoms with Gasteiger partial charge in [-0.25, -0.2) is 0 Å². The van der Waals surface area contributed by atoms with Crippen LogP contribution in [-0.2, 0) is 13.9 Å². The molecule has 1 N–H and O–H groups in total. The number of aliphatic carboxylic acids is 1. The Morgan fingerprint density at radius 1 is 1.53 bits per heavy atom. The topological polar surface area (TPSA) is 66.8 Å². The molecule has 0 amide bonds. The lowest BCUT2D eigenvalue weighted by Crippen LogP contribution is -2.52. The lowest BCUT2D eigenvalue weighted by Gasteiger charge is -2.39. The number of hydrogen-bond donors (Lipinski definition) is 1. The molecular formula is C9H16NO4P. The van der Waals surface area contributed by atoms with E-state index in [4.69, 9.17) is 4.52 Å². The van der Waals surface area contributed by atoms with E-state index in [1.807, 2.05) is 7.05 Å². The number of carboxylic acid groups (broad SMARTS) is 1. The summed E-state index contributed by atoms with van der Waals surface area (Å²) in [5.74, 6) is -1.35. The lowest BCUT2D eigenvalue weighted by atomic mass is 9.88. The summed E-state index contributed by atoms with van der Waals surface area (Å²) in [6.07, 6.45) is 2.27. The summed E-state index contributed by atoms with van der Waals surface area (Å²) in [7, 11) is 0.658. The quantitative estimate of drug-likeness (QED) is 0.723. The molecular weight excluding hydrogens is 217 g/mol. The maximum Gasteiger partial charge on any atom is 0.310 e. The molecule has 2 saturated heterocycles. The third-order valence-electron chi connectivity index (χ3n) is 3.73. The van der Waals surface area contributed by atoms with Gasteiger partial charge in [-0.2, -0.15) is 0 Å². The van der Waals surface area contributed by atoms with Gasteiger partial charge in [0.25, 0.3) is 0 Å². The fourth-order valence-corrected chi connectivity index (χ4v) is 3.38. The van der Waals surface area contributed by atoms with E-state index in [0.29, 0.717) is 12.5 Å². The standard InChI is InChI=1S/C9H16NO4P/c1-10-5-2-3-6(10)8(9(11)12)7(4-5)14-15-13/h5-8H,2-4,15H2,1H3,(H,11,12)/t5-,6+,7-,8+/m0/s1. The van der Waals surface area contributed by atoms with E-state index in [1.165, 1.54) is 0 Å². The van der Waals surface area contributed by atoms with Crippen LogP contribution >= 0.6 is 8.69 Å². The third-order valence-corrected chi connectivity index (χ3v) is 4.19. The highest BCUT2D eigenvalue weighted by molar-refractivity contribution is 7.17. The maximum absolute atomic E-state index is 11.2. The summed E-state index contributed by atoms with van der Waals surface area (Å²) in [5, 5.41) is 9.17. The van der Waals surface area contributed by atoms with Crippen molar-refractivity contribution in [2.24, 2.45) is 5.92 Å². The zero-order valence-corrected chi connectivity index (χ0v) is 9.78. The fraction of sp³-hybridized carbons (Fsp3) is 0.889. The van der Waals surface area contributed by atoms with Crippen LogP contribution in [0, 0.1) is 5.92 Å². The monoisotopic (exact) mass is 233 g/mol. The van der Waals surface area contributed by atoms with Crippen molar-refractivity contribution in [3.8, 4) is 0 Å². The SMILES string of the molecule is CN1[C@H]2CC[C@@H]1[C@@H](C(=O)O)[C@@H](O[PH2]=O)C2. The van der Waals surface area contributed by atoms with Gasteiger partial charge in [0.15, 0.2) is 8.69 Å². The normalized spacial score (nSPS) is 41.4. The van der Waals surface area contributed by atoms with Gasteiger partial charge in [-0.15, -0.1) is 0 Å². The van der Waals surface area contributed by atoms with E-state index in [1.54, 1.807) is 0 Å². The van der Waals surface area contributed by atoms with Gasteiger partial charge < -0.3 is 9.63 Å². The molecule has 2 aliphatic rings. The Balaban J connectivity index is 2.20. The number of fused-ring (bicyclic) bond motifs is 2. The molecule has 6 heteroatoms. The molecule has 0 spiro atoms. The number of hydrogen-bond acceptors (Lipinski definition) is 4. The van der Waals surface area contributed by atoms with Crippen molar-refractivity contribution in [2.75, 3.05) is 7.05 Å². The van der Waals surface area contributed by atoms with Gasteiger partial charge in [-0.1, -0.05) is 0 Å². The summed E-state index contributed by atoms with van der Waals surface area (Å²) in [6, 6.07) is 0.457. The Labute approximate surface area is 89.7 Å². The Bertz CT molecular complexity index is 285. The predicted octanol–water partition coefficient (Wildman–Crippen LogP) is 0.610. The average molecular weight is 233 g/mol. The molecule has 0 aromatic carbocycles. The second-order valence-corrected chi connectivity index (χ2v) is 4.80. The van der Waals surface area contributed by atoms with Crippen LogP contribution in [0.3, 0.4) is 0 Å². The van der Waals surface area contributed by atoms with Crippen LogP contribution in [0.4, 0.5) is 0 Å². The van der Waals surface area contributed by atoms with Gasteiger partial charge in [-0.05, 0) is 26.3 Å². The van der Waals surface area contributed by atoms with Crippen LogP contribution in [0.15, 0.2) is 0 Å². The van der Waals surface area contributed by atoms with Crippen molar-refractivity contribution in [2.45, 2.75) is 37.5 Å². The molecule has 0 aromatic heterocycles. The van der Waals surface area contributed by atoms with Crippen molar-refractivity contribution in [3.63, 3.8) is 0 Å². The fourth-order valence-electron chi connectivity index (χ4n) is 2.96. The van der Waals surface area contributed by atoms with Crippen LogP contribution in [-0.4, -0.2) is 41.2 Å². The van der Waals surface area contributed by atoms with Crippen LogP contribution in [0.1, 0.15) is 19.3 Å². The molecule has 2 bridgehead atoms. The largest absolute Gasteiger partial charge is 0.481 e. The van der Waals surface area contributed by atoms with Gasteiger partial charge in [0.2, 0.25) is 0 Å². The first-order chi connectivity index (χ1) is 7.15. The smallest absolute Gasteiger partial charge is 0.310 e. The van der Waals surface area contributed by atoms with Gasteiger partial charge >= 0.3 is 5.97 Å². The van der Waals surface area contributed by atoms with E-state index in [0.717, 1.165) is 12.8 Å². The minimum Gasteiger partial charge on any atom is -0.481 e. The maximum atomic E-state index is 11.2. The minimum absolute atomic E-state index is 0.0530. The second kappa shape index (κ2) is 4.24. The van der Waals surface area contributed by atoms with Crippen LogP contribution in [0.2, 0.25) is 0 Å². The van der Waals surface area contributed by atoms with E-state index in [2.05, 4.69) is 4.90 Å². The van der Waals surface area contributed by atoms with Crippen molar-refractivity contribution in [1.29, 1.82) is 0 Å². The molecule has 0 radical (unpaired) electrons. The Morgan fingerprint density at radius 2 is 2.27 bits per heavy atom. The number of rotatable bonds is 3. The zero-order chi connectivity index (χ0) is 11.0. The molecule has 5 nitrogen and oxygen atoms in total. The Hall–Kier alpha value is -0.380. The Kier molecular flexibility index (Phi) is 3.14. The number of nitrogens with zero attached hydrogens (tertiary/aromatic N) is 1. The van der Waals surface area contributed by atoms with E-state index in [9.17, 15) is 14.5 Å². The lowest BCUT2D eigenvalue weighted by molar-refractivity contribution is -0.150. The number of carbonyl (C=O) groups is 1. The molecule has 86 valence electrons. The highest BCUT2D eigenvalue weighted by Gasteiger charge is 2.49. The number of piperidine rings is 1. The molecule has 2 fully saturated rings. The van der Waals surface area contributed by atoms with E-state index in [-0.39, 0.29) is 12.1 Å². The van der Waals surface area contributed by atoms with E-state index >= 15 is 0 Å². The van der Waals surface area contributed by atoms with Gasteiger partial charge in [0, 0.05) is 12.1 Å². The van der Waals surface area contributed by atoms with Crippen molar-refractivity contribution >= 4 is 14.7 Å². The van der Waals surface area contributed by atoms with Gasteiger partial charge in [-0.3, -0.25) is 14.3 Å². The summed E-state index contributed by atoms with van der Waals surface area (Å²) in [6.45, 7) is 0. The Morgan fingerprint density at radius 3 is 2.87 bits per heavy atom. The zero-order valence-electron chi connectivity index (χ0n) is 8.63. The summed E-state index contributed by atoms with van der Waals surface area (Å²) >= 11 is 0. The molecule has 0 aromatic rings. The minimum atomic E-state index is -1.31. The van der Waals surface area contributed by atoms with Crippen LogP contribution < -0.4 is 0 Å². The van der Waals surface area contributed by atoms with Crippen molar-refractivity contribution in [3.05, 3.63) is 0 Å². The summed E-state index contributed by atoms with van der Waals surface area (Å²) in [4.78, 5) is 13.3. The molecule has 15 heavy (non-hydrogen) atoms.